The van der Waals surface area contributed by atoms with Gasteiger partial charge in [-0.05, 0) is 308 Å². The second kappa shape index (κ2) is 47.0. The molecule has 0 aliphatic carbocycles. The third-order valence-electron chi connectivity index (χ3n) is 21.7. The van der Waals surface area contributed by atoms with E-state index in [1.807, 2.05) is 54.6 Å². The number of aliphatic hydroxyl groups excluding tert-OH is 1. The Morgan fingerprint density at radius 2 is 0.697 bits per heavy atom. The fourth-order valence-corrected chi connectivity index (χ4v) is 14.7. The molecule has 1 atom stereocenters. The Morgan fingerprint density at radius 3 is 1.02 bits per heavy atom. The molecule has 0 bridgehead atoms. The number of aryl methyl sites for hydroxylation is 2. The van der Waals surface area contributed by atoms with E-state index in [-0.39, 0.29) is 105 Å². The Labute approximate surface area is 835 Å². The molecule has 0 aliphatic rings. The molecule has 0 saturated carbocycles. The molecular formula is C112H87BF6N10NaO12. The number of nitrogens with one attached hydrogen (secondary N) is 1. The summed E-state index contributed by atoms with van der Waals surface area (Å²) in [5.41, 5.74) is 31.2. The van der Waals surface area contributed by atoms with E-state index in [4.69, 9.17) is 40.3 Å². The Morgan fingerprint density at radius 1 is 0.380 bits per heavy atom. The van der Waals surface area contributed by atoms with Gasteiger partial charge in [0.2, 0.25) is 0 Å². The van der Waals surface area contributed by atoms with Crippen LogP contribution < -0.4 is 52.1 Å². The Balaban J connectivity index is 0.000000179. The number of ketones is 4. The number of aliphatic carboxylic acids is 1. The molecule has 22 nitrogen and oxygen atoms in total. The molecule has 0 aliphatic heterocycles. The minimum absolute atomic E-state index is 0. The van der Waals surface area contributed by atoms with Crippen LogP contribution in [-0.4, -0.2) is 89.3 Å². The van der Waals surface area contributed by atoms with Crippen molar-refractivity contribution in [1.82, 2.24) is 35.2 Å². The number of carbonyl (C=O) groups is 6. The van der Waals surface area contributed by atoms with Gasteiger partial charge in [0.15, 0.2) is 23.1 Å². The summed E-state index contributed by atoms with van der Waals surface area (Å²) in [6, 6.07) is 72.4. The van der Waals surface area contributed by atoms with Crippen LogP contribution in [-0.2, 0) is 38.5 Å². The second-order valence-corrected chi connectivity index (χ2v) is 33.1. The predicted octanol–water partition coefficient (Wildman–Crippen LogP) is 20.8. The topological polar surface area (TPSA) is 359 Å². The summed E-state index contributed by atoms with van der Waals surface area (Å²) >= 11 is 0. The summed E-state index contributed by atoms with van der Waals surface area (Å²) in [5, 5.41) is 24.1. The van der Waals surface area contributed by atoms with Gasteiger partial charge in [0.05, 0.1) is 23.6 Å². The van der Waals surface area contributed by atoms with Crippen molar-refractivity contribution in [3.63, 3.8) is 0 Å². The fourth-order valence-electron chi connectivity index (χ4n) is 14.7. The summed E-state index contributed by atoms with van der Waals surface area (Å²) in [6.07, 6.45) is 17.9. The Bertz CT molecular complexity index is 7640. The predicted molar refractivity (Wildman–Crippen MR) is 532 cm³/mol. The molecule has 9 aromatic heterocycles. The number of carboxylic acids is 1. The van der Waals surface area contributed by atoms with E-state index >= 15 is 0 Å². The first-order valence-corrected chi connectivity index (χ1v) is 43.7. The zero-order valence-electron chi connectivity index (χ0n) is 77.8. The molecule has 0 saturated heterocycles. The number of fused-ring (bicyclic) bond motifs is 3. The first-order chi connectivity index (χ1) is 67.4. The fraction of sp³-hybridized carbons (Fsp3) is 0.0893. The van der Waals surface area contributed by atoms with Crippen molar-refractivity contribution in [2.75, 3.05) is 17.2 Å². The van der Waals surface area contributed by atoms with Crippen LogP contribution >= 0.6 is 0 Å². The number of carboxylic acid groups (broad SMARTS) is 1. The SMILES string of the molecule is CC(C)(C)OC(=O)NCc1cc2cc(-c3ccc(C(=O)c4ccc(F)cc4)cn3)cc(-c3ccc(F)cc3)c2o1.Nc1ccc(/C=C/C(=O)CCc2cc3cc(-c4ccc(C(=O)c5ccc(F)cc5)cn4)cc(-c4ccc(F)cc4)c3o2)cn1.Nc1ccc(/C=C/C(=O)CCc2cc3cc(-c4ccc(C(O)c5ccc(F)cc5)cn4)cc(-c4ccc(F)cc4)c3o2)cn1.Nc1ccc(/C=C/C(=O)O)cn1.[B].[H-].[Na+]. The van der Waals surface area contributed by atoms with Gasteiger partial charge in [0.25, 0.3) is 0 Å². The number of pyridine rings is 6. The summed E-state index contributed by atoms with van der Waals surface area (Å²) in [6.45, 7) is 5.46. The number of nitrogens with two attached hydrogens (primary N) is 3. The average Bonchev–Trinajstić information content (AvgIpc) is 1.73. The van der Waals surface area contributed by atoms with Crippen LogP contribution in [0.2, 0.25) is 0 Å². The molecule has 9 aromatic carbocycles. The molecule has 0 spiro atoms. The number of ether oxygens (including phenoxy) is 1. The average molecular weight is 1910 g/mol. The quantitative estimate of drug-likeness (QED) is 0.0127. The van der Waals surface area contributed by atoms with Crippen LogP contribution in [0.5, 0.6) is 0 Å². The van der Waals surface area contributed by atoms with Crippen molar-refractivity contribution in [1.29, 1.82) is 0 Å². The van der Waals surface area contributed by atoms with Crippen LogP contribution in [0.1, 0.15) is 118 Å². The van der Waals surface area contributed by atoms with Crippen molar-refractivity contribution < 1.29 is 114 Å². The molecule has 0 fully saturated rings. The van der Waals surface area contributed by atoms with Gasteiger partial charge in [-0.3, -0.25) is 34.1 Å². The third kappa shape index (κ3) is 27.6. The number of amides is 1. The van der Waals surface area contributed by atoms with E-state index in [1.165, 1.54) is 146 Å². The first-order valence-electron chi connectivity index (χ1n) is 43.7. The molecule has 703 valence electrons. The van der Waals surface area contributed by atoms with E-state index < -0.39 is 35.4 Å². The van der Waals surface area contributed by atoms with E-state index in [2.05, 4.69) is 35.2 Å². The van der Waals surface area contributed by atoms with E-state index in [0.717, 1.165) is 77.9 Å². The number of hydrogen-bond acceptors (Lipinski definition) is 20. The van der Waals surface area contributed by atoms with E-state index in [9.17, 15) is 60.2 Å². The van der Waals surface area contributed by atoms with Crippen LogP contribution in [0.15, 0.2) is 342 Å². The minimum Gasteiger partial charge on any atom is -1.00 e. The van der Waals surface area contributed by atoms with Gasteiger partial charge >= 0.3 is 41.6 Å². The number of halogens is 6. The van der Waals surface area contributed by atoms with Crippen molar-refractivity contribution in [3.8, 4) is 67.2 Å². The Hall–Kier alpha value is -16.9. The van der Waals surface area contributed by atoms with Gasteiger partial charge in [0.1, 0.15) is 98.1 Å². The second-order valence-electron chi connectivity index (χ2n) is 33.1. The van der Waals surface area contributed by atoms with Crippen LogP contribution in [0.25, 0.3) is 118 Å². The number of aromatic nitrogens is 6. The number of nitrogens with zero attached hydrogens (tertiary/aromatic N) is 6. The van der Waals surface area contributed by atoms with E-state index in [1.54, 1.807) is 161 Å². The normalized spacial score (nSPS) is 11.4. The number of nitrogen functional groups attached to an aromatic ring is 3. The van der Waals surface area contributed by atoms with Crippen LogP contribution in [0.3, 0.4) is 0 Å². The van der Waals surface area contributed by atoms with Gasteiger partial charge in [-0.2, -0.15) is 0 Å². The van der Waals surface area contributed by atoms with Crippen molar-refractivity contribution >= 4 is 112 Å². The summed E-state index contributed by atoms with van der Waals surface area (Å²) in [7, 11) is 0. The van der Waals surface area contributed by atoms with Gasteiger partial charge in [-0.25, -0.2) is 50.9 Å². The van der Waals surface area contributed by atoms with Crippen molar-refractivity contribution in [2.45, 2.75) is 64.7 Å². The zero-order valence-corrected chi connectivity index (χ0v) is 78.8. The Kier molecular flexibility index (Phi) is 33.9. The molecule has 1 unspecified atom stereocenters. The molecule has 9 heterocycles. The van der Waals surface area contributed by atoms with Crippen molar-refractivity contribution in [3.05, 3.63) is 431 Å². The van der Waals surface area contributed by atoms with Crippen molar-refractivity contribution in [2.24, 2.45) is 0 Å². The third-order valence-corrected chi connectivity index (χ3v) is 21.7. The van der Waals surface area contributed by atoms with Gasteiger partial charge < -0.3 is 52.1 Å². The molecule has 18 rings (SSSR count). The number of rotatable bonds is 26. The maximum atomic E-state index is 13.8. The maximum Gasteiger partial charge on any atom is 1.00 e. The number of allylic oxidation sites excluding steroid dienone is 2. The molecule has 9 N–H and O–H groups in total. The number of anilines is 3. The smallest absolute Gasteiger partial charge is 1.00 e. The maximum absolute atomic E-state index is 13.8. The molecule has 1 amide bonds. The van der Waals surface area contributed by atoms with Gasteiger partial charge in [-0.1, -0.05) is 54.6 Å². The molecular weight excluding hydrogens is 1830 g/mol. The molecule has 3 radical (unpaired) electrons. The number of benzene rings is 9. The minimum atomic E-state index is -0.980. The zero-order chi connectivity index (χ0) is 98.7. The number of carbonyl (C=O) groups excluding carboxylic acids is 5. The summed E-state index contributed by atoms with van der Waals surface area (Å²) in [4.78, 5) is 98.5. The van der Waals surface area contributed by atoms with Gasteiger partial charge in [-0.15, -0.1) is 0 Å². The molecule has 30 heteroatoms. The van der Waals surface area contributed by atoms with Gasteiger partial charge in [0, 0.05) is 155 Å². The largest absolute Gasteiger partial charge is 1.00 e. The first kappa shape index (κ1) is 103. The van der Waals surface area contributed by atoms with E-state index in [0.29, 0.717) is 126 Å². The summed E-state index contributed by atoms with van der Waals surface area (Å²) < 4.78 is 105. The monoisotopic (exact) mass is 1910 g/mol. The summed E-state index contributed by atoms with van der Waals surface area (Å²) in [5.74, 6) is -0.891. The standard InChI is InChI=1S/C36H27F2N3O3.C36H25F2N3O3.C32H26F2N2O4.C8H8N2O2.B.Na.H/c2*37-28-8-3-23(4-9-28)32-19-26(33-15-7-25(21-40-33)35(43)24-5-10-29(38)11-6-24)17-27-18-31(44-36(27)32)14-13-30(42)12-1-22-2-16-34(39)41-20-22;1-32(2,3)40-31(38)36-18-26-15-23-14-22(16-27(30(23)39-26)19-4-9-24(33)10-5-19)28-13-8-21(17-35-28)29(37)20-6-11-25(34)12-7-20;9-7-3-1-6(5-10-7)2-4-8(11)12;;;/h1-12,15-21,35,43H,13-14H2,(H2,39,41);1-12,15-21H,13-14H2,(H2,39,41);4-17H,18H2,1-3H3,(H,36,38);1-5H,(H2,9,10)(H,11,12);;;/q;;;;;+1;-1/b2*12-1+;;4-2+;;;. The van der Waals surface area contributed by atoms with Crippen LogP contribution in [0, 0.1) is 34.9 Å². The number of alkyl carbamates (subject to hydrolysis) is 1. The number of furan rings is 3. The molecule has 18 aromatic rings. The number of aliphatic hydroxyl groups is 1. The van der Waals surface area contributed by atoms with Crippen LogP contribution in [0.4, 0.5) is 48.6 Å². The number of hydrogen-bond donors (Lipinski definition) is 6. The molecule has 142 heavy (non-hydrogen) atoms.